The van der Waals surface area contributed by atoms with Crippen molar-refractivity contribution in [3.05, 3.63) is 34.4 Å². The largest absolute Gasteiger partial charge is 0.497 e. The van der Waals surface area contributed by atoms with Crippen molar-refractivity contribution in [2.75, 3.05) is 19.5 Å². The zero-order chi connectivity index (χ0) is 14.8. The van der Waals surface area contributed by atoms with E-state index in [1.807, 2.05) is 24.3 Å². The van der Waals surface area contributed by atoms with Gasteiger partial charge in [0.05, 0.1) is 33.9 Å². The van der Waals surface area contributed by atoms with Crippen LogP contribution >= 0.6 is 27.3 Å². The van der Waals surface area contributed by atoms with Gasteiger partial charge in [-0.15, -0.1) is 11.3 Å². The van der Waals surface area contributed by atoms with E-state index >= 15 is 0 Å². The third kappa shape index (κ3) is 2.79. The second-order valence-corrected chi connectivity index (χ2v) is 6.61. The molecule has 2 heterocycles. The summed E-state index contributed by atoms with van der Waals surface area (Å²) in [6, 6.07) is 7.54. The zero-order valence-electron chi connectivity index (χ0n) is 11.4. The standard InChI is InChI=1S/C14H12BrN3O2S/c1-19-8-3-4-11(20-2)9(5-8)18-14-13-10(16-7-17-14)6-12(15)21-13/h3-7H,1-2H3,(H,16,17,18). The first-order chi connectivity index (χ1) is 10.2. The average Bonchev–Trinajstić information content (AvgIpc) is 2.88. The number of hydrogen-bond acceptors (Lipinski definition) is 6. The molecule has 0 amide bonds. The lowest BCUT2D eigenvalue weighted by Crippen LogP contribution is -1.98. The quantitative estimate of drug-likeness (QED) is 0.750. The number of thiophene rings is 1. The van der Waals surface area contributed by atoms with Crippen LogP contribution in [0.15, 0.2) is 34.4 Å². The van der Waals surface area contributed by atoms with Crippen molar-refractivity contribution in [3.63, 3.8) is 0 Å². The molecular formula is C14H12BrN3O2S. The maximum atomic E-state index is 5.37. The molecule has 0 aliphatic heterocycles. The van der Waals surface area contributed by atoms with E-state index in [1.54, 1.807) is 25.6 Å². The van der Waals surface area contributed by atoms with Crippen molar-refractivity contribution in [1.82, 2.24) is 9.97 Å². The van der Waals surface area contributed by atoms with Gasteiger partial charge in [-0.25, -0.2) is 9.97 Å². The van der Waals surface area contributed by atoms with Gasteiger partial charge in [0, 0.05) is 6.07 Å². The monoisotopic (exact) mass is 365 g/mol. The van der Waals surface area contributed by atoms with Gasteiger partial charge in [0.15, 0.2) is 5.82 Å². The number of benzene rings is 1. The molecule has 0 unspecified atom stereocenters. The van der Waals surface area contributed by atoms with Crippen LogP contribution in [0, 0.1) is 0 Å². The predicted molar refractivity (Wildman–Crippen MR) is 87.9 cm³/mol. The summed E-state index contributed by atoms with van der Waals surface area (Å²) in [5, 5.41) is 3.29. The molecule has 0 bridgehead atoms. The Morgan fingerprint density at radius 2 is 2.00 bits per heavy atom. The fraction of sp³-hybridized carbons (Fsp3) is 0.143. The number of anilines is 2. The lowest BCUT2D eigenvalue weighted by atomic mass is 10.2. The molecular weight excluding hydrogens is 354 g/mol. The number of nitrogens with one attached hydrogen (secondary N) is 1. The third-order valence-electron chi connectivity index (χ3n) is 2.94. The van der Waals surface area contributed by atoms with Gasteiger partial charge in [0.2, 0.25) is 0 Å². The lowest BCUT2D eigenvalue weighted by Gasteiger charge is -2.12. The average molecular weight is 366 g/mol. The van der Waals surface area contributed by atoms with Gasteiger partial charge < -0.3 is 14.8 Å². The summed E-state index contributed by atoms with van der Waals surface area (Å²) in [5.41, 5.74) is 1.69. The van der Waals surface area contributed by atoms with E-state index in [0.29, 0.717) is 0 Å². The van der Waals surface area contributed by atoms with Crippen LogP contribution in [0.5, 0.6) is 11.5 Å². The minimum absolute atomic E-state index is 0.721. The van der Waals surface area contributed by atoms with Crippen molar-refractivity contribution in [2.24, 2.45) is 0 Å². The summed E-state index contributed by atoms with van der Waals surface area (Å²) in [4.78, 5) is 8.57. The van der Waals surface area contributed by atoms with E-state index in [9.17, 15) is 0 Å². The van der Waals surface area contributed by atoms with Crippen LogP contribution in [0.25, 0.3) is 10.2 Å². The zero-order valence-corrected chi connectivity index (χ0v) is 13.8. The molecule has 0 aliphatic carbocycles. The normalized spacial score (nSPS) is 10.6. The van der Waals surface area contributed by atoms with E-state index in [-0.39, 0.29) is 0 Å². The molecule has 3 aromatic rings. The molecule has 0 fully saturated rings. The van der Waals surface area contributed by atoms with Crippen molar-refractivity contribution in [2.45, 2.75) is 0 Å². The molecule has 0 radical (unpaired) electrons. The van der Waals surface area contributed by atoms with E-state index < -0.39 is 0 Å². The van der Waals surface area contributed by atoms with E-state index in [1.165, 1.54) is 6.33 Å². The molecule has 1 aromatic carbocycles. The van der Waals surface area contributed by atoms with Crippen LogP contribution in [0.1, 0.15) is 0 Å². The minimum atomic E-state index is 0.721. The molecule has 0 atom stereocenters. The minimum Gasteiger partial charge on any atom is -0.497 e. The summed E-state index contributed by atoms with van der Waals surface area (Å²) in [6.07, 6.45) is 1.54. The highest BCUT2D eigenvalue weighted by atomic mass is 79.9. The van der Waals surface area contributed by atoms with Crippen molar-refractivity contribution < 1.29 is 9.47 Å². The fourth-order valence-corrected chi connectivity index (χ4v) is 3.44. The molecule has 0 spiro atoms. The second-order valence-electron chi connectivity index (χ2n) is 4.18. The summed E-state index contributed by atoms with van der Waals surface area (Å²) in [7, 11) is 3.26. The first-order valence-electron chi connectivity index (χ1n) is 6.10. The van der Waals surface area contributed by atoms with Gasteiger partial charge >= 0.3 is 0 Å². The Bertz CT molecular complexity index is 791. The van der Waals surface area contributed by atoms with Crippen molar-refractivity contribution in [1.29, 1.82) is 0 Å². The molecule has 5 nitrogen and oxygen atoms in total. The summed E-state index contributed by atoms with van der Waals surface area (Å²) in [6.45, 7) is 0. The number of methoxy groups -OCH3 is 2. The van der Waals surface area contributed by atoms with Gasteiger partial charge in [0.25, 0.3) is 0 Å². The summed E-state index contributed by atoms with van der Waals surface area (Å²) in [5.74, 6) is 2.20. The Morgan fingerprint density at radius 1 is 1.14 bits per heavy atom. The number of fused-ring (bicyclic) bond motifs is 1. The molecule has 7 heteroatoms. The maximum absolute atomic E-state index is 5.37. The summed E-state index contributed by atoms with van der Waals surface area (Å²) >= 11 is 5.05. The molecule has 108 valence electrons. The Labute approximate surface area is 134 Å². The summed E-state index contributed by atoms with van der Waals surface area (Å²) < 4.78 is 12.6. The Hall–Kier alpha value is -1.86. The third-order valence-corrected chi connectivity index (χ3v) is 4.57. The number of halogens is 1. The van der Waals surface area contributed by atoms with Crippen LogP contribution in [-0.4, -0.2) is 24.2 Å². The van der Waals surface area contributed by atoms with E-state index in [2.05, 4.69) is 31.2 Å². The topological polar surface area (TPSA) is 56.3 Å². The van der Waals surface area contributed by atoms with Crippen LogP contribution in [0.4, 0.5) is 11.5 Å². The lowest BCUT2D eigenvalue weighted by molar-refractivity contribution is 0.405. The van der Waals surface area contributed by atoms with Crippen LogP contribution < -0.4 is 14.8 Å². The van der Waals surface area contributed by atoms with Gasteiger partial charge in [-0.2, -0.15) is 0 Å². The second kappa shape index (κ2) is 5.87. The van der Waals surface area contributed by atoms with Gasteiger partial charge in [-0.05, 0) is 34.1 Å². The molecule has 0 saturated heterocycles. The number of aromatic nitrogens is 2. The number of hydrogen-bond donors (Lipinski definition) is 1. The van der Waals surface area contributed by atoms with Crippen LogP contribution in [-0.2, 0) is 0 Å². The molecule has 21 heavy (non-hydrogen) atoms. The molecule has 0 aliphatic rings. The van der Waals surface area contributed by atoms with Gasteiger partial charge in [-0.3, -0.25) is 0 Å². The van der Waals surface area contributed by atoms with Gasteiger partial charge in [-0.1, -0.05) is 0 Å². The molecule has 3 rings (SSSR count). The molecule has 0 saturated carbocycles. The Morgan fingerprint density at radius 3 is 2.76 bits per heavy atom. The Balaban J connectivity index is 2.05. The predicted octanol–water partition coefficient (Wildman–Crippen LogP) is 4.21. The highest BCUT2D eigenvalue weighted by Gasteiger charge is 2.11. The van der Waals surface area contributed by atoms with Gasteiger partial charge in [0.1, 0.15) is 17.8 Å². The number of rotatable bonds is 4. The smallest absolute Gasteiger partial charge is 0.151 e. The number of ether oxygens (including phenoxy) is 2. The molecule has 1 N–H and O–H groups in total. The van der Waals surface area contributed by atoms with Crippen LogP contribution in [0.3, 0.4) is 0 Å². The Kier molecular flexibility index (Phi) is 3.94. The van der Waals surface area contributed by atoms with Crippen molar-refractivity contribution in [3.8, 4) is 11.5 Å². The molecule has 2 aromatic heterocycles. The van der Waals surface area contributed by atoms with Crippen LogP contribution in [0.2, 0.25) is 0 Å². The highest BCUT2D eigenvalue weighted by molar-refractivity contribution is 9.11. The maximum Gasteiger partial charge on any atom is 0.151 e. The number of nitrogens with zero attached hydrogens (tertiary/aromatic N) is 2. The first-order valence-corrected chi connectivity index (χ1v) is 7.71. The fourth-order valence-electron chi connectivity index (χ4n) is 1.95. The van der Waals surface area contributed by atoms with E-state index in [4.69, 9.17) is 9.47 Å². The first kappa shape index (κ1) is 14.1. The van der Waals surface area contributed by atoms with E-state index in [0.717, 1.165) is 37.0 Å². The SMILES string of the molecule is COc1ccc(OC)c(Nc2ncnc3cc(Br)sc23)c1. The van der Waals surface area contributed by atoms with Crippen molar-refractivity contribution >= 4 is 49.0 Å². The highest BCUT2D eigenvalue weighted by Crippen LogP contribution is 2.36.